The lowest BCUT2D eigenvalue weighted by Crippen LogP contribution is -2.20. The Hall–Kier alpha value is -2.23. The number of carbonyl (C=O) groups is 1. The molecule has 0 unspecified atom stereocenters. The van der Waals surface area contributed by atoms with Crippen LogP contribution in [0.25, 0.3) is 0 Å². The summed E-state index contributed by atoms with van der Waals surface area (Å²) in [5.74, 6) is -0.632. The molecule has 22 heavy (non-hydrogen) atoms. The Balaban J connectivity index is 2.14. The quantitative estimate of drug-likeness (QED) is 0.639. The molecule has 2 aromatic rings. The van der Waals surface area contributed by atoms with Gasteiger partial charge in [-0.1, -0.05) is 0 Å². The lowest BCUT2D eigenvalue weighted by molar-refractivity contribution is -0.390. The molecule has 0 saturated heterocycles. The van der Waals surface area contributed by atoms with Gasteiger partial charge in [0.1, 0.15) is 11.0 Å². The molecule has 9 nitrogen and oxygen atoms in total. The van der Waals surface area contributed by atoms with E-state index in [9.17, 15) is 14.9 Å². The molecule has 0 spiro atoms. The van der Waals surface area contributed by atoms with E-state index < -0.39 is 4.92 Å². The minimum Gasteiger partial charge on any atom is -0.358 e. The summed E-state index contributed by atoms with van der Waals surface area (Å²) in [6.07, 6.45) is 1.57. The molecule has 1 amide bonds. The number of rotatable bonds is 5. The minimum absolute atomic E-state index is 0.116. The predicted molar refractivity (Wildman–Crippen MR) is 82.6 cm³/mol. The van der Waals surface area contributed by atoms with Crippen LogP contribution in [0.2, 0.25) is 0 Å². The summed E-state index contributed by atoms with van der Waals surface area (Å²) in [4.78, 5) is 22.3. The van der Waals surface area contributed by atoms with Gasteiger partial charge >= 0.3 is 5.82 Å². The second-order valence-electron chi connectivity index (χ2n) is 4.65. The van der Waals surface area contributed by atoms with E-state index in [1.807, 2.05) is 13.8 Å². The van der Waals surface area contributed by atoms with Crippen LogP contribution in [0.1, 0.15) is 18.3 Å². The van der Waals surface area contributed by atoms with E-state index in [4.69, 9.17) is 0 Å². The molecule has 1 N–H and O–H groups in total. The molecule has 2 heterocycles. The van der Waals surface area contributed by atoms with Gasteiger partial charge in [0.25, 0.3) is 0 Å². The van der Waals surface area contributed by atoms with Crippen molar-refractivity contribution < 1.29 is 9.72 Å². The molecule has 0 fully saturated rings. The third-order valence-corrected chi connectivity index (χ3v) is 4.19. The van der Waals surface area contributed by atoms with E-state index >= 15 is 0 Å². The topological polar surface area (TPSA) is 108 Å². The van der Waals surface area contributed by atoms with Crippen molar-refractivity contribution >= 4 is 33.3 Å². The average Bonchev–Trinajstić information content (AvgIpc) is 2.94. The largest absolute Gasteiger partial charge is 0.404 e. The average molecular weight is 371 g/mol. The van der Waals surface area contributed by atoms with Crippen molar-refractivity contribution in [1.82, 2.24) is 19.6 Å². The fourth-order valence-corrected chi connectivity index (χ4v) is 2.42. The number of hydrogen-bond acceptors (Lipinski definition) is 5. The first-order chi connectivity index (χ1) is 10.3. The van der Waals surface area contributed by atoms with Crippen molar-refractivity contribution in [3.8, 4) is 0 Å². The van der Waals surface area contributed by atoms with Crippen molar-refractivity contribution in [2.45, 2.75) is 33.9 Å². The van der Waals surface area contributed by atoms with Crippen LogP contribution in [-0.4, -0.2) is 30.4 Å². The molecule has 2 aromatic heterocycles. The monoisotopic (exact) mass is 370 g/mol. The number of aromatic nitrogens is 4. The highest BCUT2D eigenvalue weighted by atomic mass is 79.9. The summed E-state index contributed by atoms with van der Waals surface area (Å²) in [7, 11) is 0. The van der Waals surface area contributed by atoms with Crippen LogP contribution in [0.15, 0.2) is 10.7 Å². The SMILES string of the molecule is CCn1ncc(NC(=O)Cn2nc([N+](=O)[O-])c(Br)c2C)c1C. The zero-order valence-electron chi connectivity index (χ0n) is 12.3. The normalized spacial score (nSPS) is 10.7. The van der Waals surface area contributed by atoms with Crippen LogP contribution in [0.4, 0.5) is 11.5 Å². The molecule has 0 bridgehead atoms. The third-order valence-electron chi connectivity index (χ3n) is 3.26. The minimum atomic E-state index is -0.596. The highest BCUT2D eigenvalue weighted by Crippen LogP contribution is 2.26. The fraction of sp³-hybridized carbons (Fsp3) is 0.417. The van der Waals surface area contributed by atoms with E-state index in [2.05, 4.69) is 31.4 Å². The number of amides is 1. The molecule has 118 valence electrons. The Morgan fingerprint density at radius 2 is 2.09 bits per heavy atom. The number of nitrogens with one attached hydrogen (secondary N) is 1. The lowest BCUT2D eigenvalue weighted by atomic mass is 10.4. The second-order valence-corrected chi connectivity index (χ2v) is 5.44. The summed E-state index contributed by atoms with van der Waals surface area (Å²) >= 11 is 3.11. The smallest absolute Gasteiger partial charge is 0.358 e. The highest BCUT2D eigenvalue weighted by molar-refractivity contribution is 9.10. The molecule has 0 aliphatic rings. The summed E-state index contributed by atoms with van der Waals surface area (Å²) in [5.41, 5.74) is 1.98. The standard InChI is InChI=1S/C12H15BrN6O3/c1-4-17-7(2)9(5-14-17)15-10(20)6-18-8(3)11(13)12(16-18)19(21)22/h5H,4,6H2,1-3H3,(H,15,20). The Labute approximate surface area is 134 Å². The Morgan fingerprint density at radius 1 is 1.41 bits per heavy atom. The molecule has 2 rings (SSSR count). The third kappa shape index (κ3) is 3.01. The zero-order chi connectivity index (χ0) is 16.4. The van der Waals surface area contributed by atoms with Crippen molar-refractivity contribution in [3.05, 3.63) is 32.2 Å². The molecule has 0 radical (unpaired) electrons. The first kappa shape index (κ1) is 16.1. The van der Waals surface area contributed by atoms with E-state index in [0.29, 0.717) is 17.9 Å². The maximum absolute atomic E-state index is 12.1. The van der Waals surface area contributed by atoms with E-state index in [0.717, 1.165) is 5.69 Å². The van der Waals surface area contributed by atoms with Gasteiger partial charge in [-0.25, -0.2) is 0 Å². The predicted octanol–water partition coefficient (Wildman–Crippen LogP) is 2.03. The van der Waals surface area contributed by atoms with Crippen LogP contribution in [0.3, 0.4) is 0 Å². The number of aryl methyl sites for hydroxylation is 1. The fourth-order valence-electron chi connectivity index (χ4n) is 1.99. The van der Waals surface area contributed by atoms with E-state index in [-0.39, 0.29) is 22.7 Å². The summed E-state index contributed by atoms with van der Waals surface area (Å²) in [5, 5.41) is 21.5. The molecule has 0 saturated carbocycles. The van der Waals surface area contributed by atoms with Gasteiger partial charge in [0.15, 0.2) is 0 Å². The van der Waals surface area contributed by atoms with Crippen LogP contribution in [-0.2, 0) is 17.9 Å². The summed E-state index contributed by atoms with van der Waals surface area (Å²) in [6, 6.07) is 0. The number of nitrogens with zero attached hydrogens (tertiary/aromatic N) is 5. The van der Waals surface area contributed by atoms with E-state index in [1.54, 1.807) is 17.8 Å². The first-order valence-corrected chi connectivity index (χ1v) is 7.34. The highest BCUT2D eigenvalue weighted by Gasteiger charge is 2.24. The first-order valence-electron chi connectivity index (χ1n) is 6.54. The van der Waals surface area contributed by atoms with Gasteiger partial charge in [-0.15, -0.1) is 0 Å². The maximum atomic E-state index is 12.1. The maximum Gasteiger partial charge on any atom is 0.404 e. The van der Waals surface area contributed by atoms with E-state index in [1.165, 1.54) is 4.68 Å². The van der Waals surface area contributed by atoms with Crippen molar-refractivity contribution in [1.29, 1.82) is 0 Å². The van der Waals surface area contributed by atoms with Gasteiger partial charge in [-0.3, -0.25) is 9.48 Å². The number of nitro groups is 1. The van der Waals surface area contributed by atoms with Crippen LogP contribution in [0.5, 0.6) is 0 Å². The molecule has 0 aromatic carbocycles. The van der Waals surface area contributed by atoms with Gasteiger partial charge in [-0.2, -0.15) is 9.78 Å². The van der Waals surface area contributed by atoms with Gasteiger partial charge in [0.05, 0.1) is 28.4 Å². The van der Waals surface area contributed by atoms with Gasteiger partial charge in [0, 0.05) is 6.54 Å². The van der Waals surface area contributed by atoms with Crippen molar-refractivity contribution in [2.75, 3.05) is 5.32 Å². The Morgan fingerprint density at radius 3 is 2.59 bits per heavy atom. The van der Waals surface area contributed by atoms with Crippen molar-refractivity contribution in [3.63, 3.8) is 0 Å². The number of carbonyl (C=O) groups excluding carboxylic acids is 1. The molecule has 10 heteroatoms. The molecule has 0 aliphatic heterocycles. The summed E-state index contributed by atoms with van der Waals surface area (Å²) < 4.78 is 3.33. The van der Waals surface area contributed by atoms with Gasteiger partial charge < -0.3 is 15.4 Å². The number of anilines is 1. The summed E-state index contributed by atoms with van der Waals surface area (Å²) in [6.45, 7) is 6.05. The molecular formula is C12H15BrN6O3. The number of hydrogen-bond donors (Lipinski definition) is 1. The van der Waals surface area contributed by atoms with Crippen LogP contribution in [0, 0.1) is 24.0 Å². The molecule has 0 atom stereocenters. The number of halogens is 1. The van der Waals surface area contributed by atoms with Gasteiger partial charge in [0.2, 0.25) is 5.91 Å². The van der Waals surface area contributed by atoms with Crippen LogP contribution >= 0.6 is 15.9 Å². The van der Waals surface area contributed by atoms with Crippen molar-refractivity contribution in [2.24, 2.45) is 0 Å². The van der Waals surface area contributed by atoms with Gasteiger partial charge in [-0.05, 0) is 41.6 Å². The Bertz CT molecular complexity index is 736. The molecular weight excluding hydrogens is 356 g/mol. The second kappa shape index (κ2) is 6.26. The zero-order valence-corrected chi connectivity index (χ0v) is 13.9. The lowest BCUT2D eigenvalue weighted by Gasteiger charge is -2.05. The van der Waals surface area contributed by atoms with Crippen LogP contribution < -0.4 is 5.32 Å². The molecule has 0 aliphatic carbocycles. The Kier molecular flexibility index (Phi) is 4.59.